The van der Waals surface area contributed by atoms with Gasteiger partial charge in [0.05, 0.1) is 0 Å². The predicted molar refractivity (Wildman–Crippen MR) is 56.7 cm³/mol. The Bertz CT molecular complexity index is 548. The molecule has 0 saturated heterocycles. The Kier molecular flexibility index (Phi) is 5.23. The van der Waals surface area contributed by atoms with Gasteiger partial charge in [-0.2, -0.15) is 0 Å². The minimum atomic E-state index is 1.46. The molecule has 0 radical (unpaired) electrons. The molecule has 0 bridgehead atoms. The van der Waals surface area contributed by atoms with Gasteiger partial charge in [0.1, 0.15) is 12.2 Å². The van der Waals surface area contributed by atoms with Crippen LogP contribution in [0.25, 0.3) is 0 Å². The van der Waals surface area contributed by atoms with Crippen LogP contribution >= 0.6 is 0 Å². The molecule has 0 aliphatic carbocycles. The topological polar surface area (TPSA) is 9.23 Å². The van der Waals surface area contributed by atoms with Crippen LogP contribution in [0.2, 0.25) is 0 Å². The van der Waals surface area contributed by atoms with Crippen molar-refractivity contribution in [3.05, 3.63) is 47.2 Å². The van der Waals surface area contributed by atoms with Crippen LogP contribution in [-0.4, -0.2) is 0 Å². The molecule has 0 spiro atoms. The Morgan fingerprint density at radius 2 is 0.933 bits per heavy atom. The average molecular weight is 188 g/mol. The number of hydrogen-bond donors (Lipinski definition) is 0. The Hall–Kier alpha value is -2.92. The van der Waals surface area contributed by atoms with Gasteiger partial charge in [0.25, 0.3) is 0 Å². The SMILES string of the molecule is C1=C=CC#COC#CC=C=C=CC#CC=1. The number of allylic oxidation sites excluding steroid dienone is 4. The second-order valence-corrected chi connectivity index (χ2v) is 2.04. The fraction of sp³-hybridized carbons (Fsp3) is 0. The van der Waals surface area contributed by atoms with Crippen molar-refractivity contribution in [1.82, 2.24) is 0 Å². The van der Waals surface area contributed by atoms with Gasteiger partial charge in [-0.25, -0.2) is 0 Å². The third-order valence-corrected chi connectivity index (χ3v) is 1.05. The summed E-state index contributed by atoms with van der Waals surface area (Å²) in [6, 6.07) is 0. The van der Waals surface area contributed by atoms with E-state index < -0.39 is 0 Å². The van der Waals surface area contributed by atoms with Crippen molar-refractivity contribution in [3.8, 4) is 35.9 Å². The minimum absolute atomic E-state index is 1.46. The Morgan fingerprint density at radius 1 is 0.533 bits per heavy atom. The van der Waals surface area contributed by atoms with Gasteiger partial charge in [0.15, 0.2) is 0 Å². The van der Waals surface area contributed by atoms with Crippen molar-refractivity contribution < 1.29 is 4.74 Å². The summed E-state index contributed by atoms with van der Waals surface area (Å²) < 4.78 is 4.64. The van der Waals surface area contributed by atoms with E-state index in [0.717, 1.165) is 0 Å². The van der Waals surface area contributed by atoms with Crippen LogP contribution in [0, 0.1) is 35.9 Å². The van der Waals surface area contributed by atoms with Crippen molar-refractivity contribution in [2.75, 3.05) is 0 Å². The smallest absolute Gasteiger partial charge is 0.135 e. The first-order valence-electron chi connectivity index (χ1n) is 3.97. The van der Waals surface area contributed by atoms with E-state index in [1.165, 1.54) is 24.3 Å². The summed E-state index contributed by atoms with van der Waals surface area (Å²) >= 11 is 0. The zero-order chi connectivity index (χ0) is 10.6. The molecule has 0 aromatic rings. The Balaban J connectivity index is 3.02. The first-order chi connectivity index (χ1) is 7.50. The fourth-order valence-corrected chi connectivity index (χ4v) is 0.538. The van der Waals surface area contributed by atoms with Gasteiger partial charge in [-0.15, -0.1) is 0 Å². The van der Waals surface area contributed by atoms with Gasteiger partial charge in [-0.3, -0.25) is 0 Å². The van der Waals surface area contributed by atoms with E-state index in [1.54, 1.807) is 0 Å². The average Bonchev–Trinajstić information content (AvgIpc) is 2.27. The van der Waals surface area contributed by atoms with Crippen LogP contribution in [0.5, 0.6) is 0 Å². The van der Waals surface area contributed by atoms with Gasteiger partial charge in [0, 0.05) is 24.3 Å². The highest BCUT2D eigenvalue weighted by molar-refractivity contribution is 5.24. The summed E-state index contributed by atoms with van der Waals surface area (Å²) in [5.74, 6) is 10.5. The molecule has 0 atom stereocenters. The van der Waals surface area contributed by atoms with Crippen molar-refractivity contribution >= 4 is 0 Å². The molecule has 1 nitrogen and oxygen atoms in total. The lowest BCUT2D eigenvalue weighted by Crippen LogP contribution is -1.63. The predicted octanol–water partition coefficient (Wildman–Crippen LogP) is 1.67. The van der Waals surface area contributed by atoms with Gasteiger partial charge >= 0.3 is 0 Å². The molecule has 0 aromatic carbocycles. The second kappa shape index (κ2) is 7.71. The minimum Gasteiger partial charge on any atom is -0.356 e. The van der Waals surface area contributed by atoms with Gasteiger partial charge in [-0.05, 0) is 11.8 Å². The van der Waals surface area contributed by atoms with Crippen LogP contribution in [0.3, 0.4) is 0 Å². The lowest BCUT2D eigenvalue weighted by atomic mass is 10.5. The quantitative estimate of drug-likeness (QED) is 0.415. The van der Waals surface area contributed by atoms with Crippen molar-refractivity contribution in [1.29, 1.82) is 0 Å². The highest BCUT2D eigenvalue weighted by Gasteiger charge is 1.62. The number of ether oxygens (including phenoxy) is 1. The van der Waals surface area contributed by atoms with E-state index >= 15 is 0 Å². The second-order valence-electron chi connectivity index (χ2n) is 2.04. The summed E-state index contributed by atoms with van der Waals surface area (Å²) in [5, 5.41) is 0. The molecule has 1 rings (SSSR count). The normalized spacial score (nSPS) is 10.7. The van der Waals surface area contributed by atoms with E-state index in [0.29, 0.717) is 0 Å². The molecule has 1 heteroatoms. The van der Waals surface area contributed by atoms with Gasteiger partial charge in [0.2, 0.25) is 0 Å². The third-order valence-electron chi connectivity index (χ3n) is 1.05. The molecule has 1 aliphatic rings. The van der Waals surface area contributed by atoms with Crippen LogP contribution in [0.4, 0.5) is 0 Å². The lowest BCUT2D eigenvalue weighted by molar-refractivity contribution is 0.479. The first kappa shape index (κ1) is 10.2. The van der Waals surface area contributed by atoms with Crippen LogP contribution in [0.15, 0.2) is 47.2 Å². The summed E-state index contributed by atoms with van der Waals surface area (Å²) in [5.41, 5.74) is 10.7. The summed E-state index contributed by atoms with van der Waals surface area (Å²) in [6.07, 6.45) is 10.7. The molecule has 0 amide bonds. The molecule has 0 unspecified atom stereocenters. The van der Waals surface area contributed by atoms with Crippen molar-refractivity contribution in [2.45, 2.75) is 0 Å². The van der Waals surface area contributed by atoms with E-state index in [2.05, 4.69) is 63.6 Å². The zero-order valence-corrected chi connectivity index (χ0v) is 7.72. The highest BCUT2D eigenvalue weighted by Crippen LogP contribution is 1.70. The molecule has 1 aliphatic heterocycles. The Labute approximate surface area is 88.5 Å². The van der Waals surface area contributed by atoms with E-state index in [-0.39, 0.29) is 0 Å². The lowest BCUT2D eigenvalue weighted by Gasteiger charge is -1.70. The largest absolute Gasteiger partial charge is 0.356 e. The number of rotatable bonds is 0. The van der Waals surface area contributed by atoms with E-state index in [1.807, 2.05) is 0 Å². The highest BCUT2D eigenvalue weighted by atomic mass is 16.5. The molecular formula is C14H4O. The zero-order valence-electron chi connectivity index (χ0n) is 7.72. The first-order valence-corrected chi connectivity index (χ1v) is 3.97. The molecule has 0 N–H and O–H groups in total. The van der Waals surface area contributed by atoms with E-state index in [9.17, 15) is 0 Å². The van der Waals surface area contributed by atoms with Crippen LogP contribution in [0.1, 0.15) is 0 Å². The maximum Gasteiger partial charge on any atom is 0.135 e. The Morgan fingerprint density at radius 3 is 1.40 bits per heavy atom. The number of hydrogen-bond acceptors (Lipinski definition) is 1. The molecular weight excluding hydrogens is 184 g/mol. The molecule has 1 heterocycles. The monoisotopic (exact) mass is 188 g/mol. The molecule has 0 saturated carbocycles. The molecule has 0 aromatic heterocycles. The molecule has 15 heavy (non-hydrogen) atoms. The van der Waals surface area contributed by atoms with Crippen molar-refractivity contribution in [3.63, 3.8) is 0 Å². The van der Waals surface area contributed by atoms with Crippen molar-refractivity contribution in [2.24, 2.45) is 0 Å². The maximum atomic E-state index is 4.64. The van der Waals surface area contributed by atoms with Gasteiger partial charge < -0.3 is 4.74 Å². The standard InChI is InChI=1S/C14H4O/c1-2-4-6-8-10-12-14-15-13-11-9-7-5-3-1/h3-4,9-10H. The van der Waals surface area contributed by atoms with E-state index in [4.69, 9.17) is 0 Å². The van der Waals surface area contributed by atoms with Crippen LogP contribution < -0.4 is 0 Å². The molecule has 66 valence electrons. The van der Waals surface area contributed by atoms with Crippen LogP contribution in [-0.2, 0) is 4.74 Å². The summed E-state index contributed by atoms with van der Waals surface area (Å²) in [7, 11) is 0. The summed E-state index contributed by atoms with van der Waals surface area (Å²) in [6.45, 7) is 0. The third kappa shape index (κ3) is 6.26. The fourth-order valence-electron chi connectivity index (χ4n) is 0.538. The maximum absolute atomic E-state index is 4.64. The molecule has 0 fully saturated rings. The summed E-state index contributed by atoms with van der Waals surface area (Å²) in [4.78, 5) is 0. The van der Waals surface area contributed by atoms with Gasteiger partial charge in [-0.1, -0.05) is 34.8 Å².